The van der Waals surface area contributed by atoms with Crippen molar-refractivity contribution in [2.24, 2.45) is 0 Å². The van der Waals surface area contributed by atoms with Crippen molar-refractivity contribution in [2.75, 3.05) is 5.32 Å². The van der Waals surface area contributed by atoms with Crippen molar-refractivity contribution in [3.63, 3.8) is 0 Å². The van der Waals surface area contributed by atoms with E-state index in [2.05, 4.69) is 10.3 Å². The molecule has 0 fully saturated rings. The maximum Gasteiger partial charge on any atom is 0.345 e. The first-order chi connectivity index (χ1) is 8.58. The van der Waals surface area contributed by atoms with Gasteiger partial charge < -0.3 is 10.4 Å². The van der Waals surface area contributed by atoms with Crippen LogP contribution in [0.1, 0.15) is 23.5 Å². The molecule has 2 aromatic rings. The lowest BCUT2D eigenvalue weighted by molar-refractivity contribution is 0.0702. The van der Waals surface area contributed by atoms with Crippen LogP contribution in [0.5, 0.6) is 0 Å². The molecule has 94 valence electrons. The van der Waals surface area contributed by atoms with Gasteiger partial charge in [0.15, 0.2) is 0 Å². The minimum Gasteiger partial charge on any atom is -0.477 e. The van der Waals surface area contributed by atoms with Crippen LogP contribution >= 0.6 is 11.3 Å². The van der Waals surface area contributed by atoms with Crippen LogP contribution < -0.4 is 5.32 Å². The Balaban J connectivity index is 2.39. The van der Waals surface area contributed by atoms with Crippen LogP contribution in [-0.2, 0) is 0 Å². The number of anilines is 1. The van der Waals surface area contributed by atoms with Crippen LogP contribution in [-0.4, -0.2) is 22.1 Å². The van der Waals surface area contributed by atoms with Gasteiger partial charge >= 0.3 is 5.97 Å². The number of aromatic nitrogens is 1. The van der Waals surface area contributed by atoms with E-state index in [4.69, 9.17) is 5.11 Å². The molecule has 0 aliphatic rings. The normalized spacial score (nSPS) is 10.6. The van der Waals surface area contributed by atoms with Crippen molar-refractivity contribution in [1.29, 1.82) is 0 Å². The highest BCUT2D eigenvalue weighted by molar-refractivity contribution is 7.17. The standard InChI is InChI=1S/C13H14N2O2S/c1-8(2)15-10-7-14-6-5-9(10)11-3-4-12(18-11)13(16)17/h3-8,15H,1-2H3,(H,16,17). The molecule has 2 rings (SSSR count). The van der Waals surface area contributed by atoms with E-state index in [0.29, 0.717) is 10.9 Å². The number of nitrogens with one attached hydrogen (secondary N) is 1. The second-order valence-corrected chi connectivity index (χ2v) is 5.27. The number of aromatic carboxylic acids is 1. The maximum absolute atomic E-state index is 10.9. The average Bonchev–Trinajstić information content (AvgIpc) is 2.78. The van der Waals surface area contributed by atoms with Crippen LogP contribution in [0.15, 0.2) is 30.6 Å². The molecular formula is C13H14N2O2S. The number of carboxylic acids is 1. The van der Waals surface area contributed by atoms with Gasteiger partial charge in [-0.1, -0.05) is 0 Å². The Hall–Kier alpha value is -1.88. The highest BCUT2D eigenvalue weighted by atomic mass is 32.1. The fraction of sp³-hybridized carbons (Fsp3) is 0.231. The summed E-state index contributed by atoms with van der Waals surface area (Å²) in [5.41, 5.74) is 1.91. The molecule has 0 unspecified atom stereocenters. The fourth-order valence-electron chi connectivity index (χ4n) is 1.63. The molecule has 0 bridgehead atoms. The zero-order valence-electron chi connectivity index (χ0n) is 10.2. The lowest BCUT2D eigenvalue weighted by Crippen LogP contribution is -2.10. The lowest BCUT2D eigenvalue weighted by atomic mass is 10.2. The van der Waals surface area contributed by atoms with Crippen LogP contribution in [0.3, 0.4) is 0 Å². The predicted molar refractivity (Wildman–Crippen MR) is 73.3 cm³/mol. The SMILES string of the molecule is CC(C)Nc1cnccc1-c1ccc(C(=O)O)s1. The van der Waals surface area contributed by atoms with Gasteiger partial charge in [-0.2, -0.15) is 0 Å². The molecule has 4 nitrogen and oxygen atoms in total. The summed E-state index contributed by atoms with van der Waals surface area (Å²) in [6.07, 6.45) is 3.47. The summed E-state index contributed by atoms with van der Waals surface area (Å²) in [6, 6.07) is 5.64. The molecule has 0 radical (unpaired) electrons. The second kappa shape index (κ2) is 5.18. The van der Waals surface area contributed by atoms with Crippen molar-refractivity contribution in [3.05, 3.63) is 35.5 Å². The van der Waals surface area contributed by atoms with Crippen LogP contribution in [0.2, 0.25) is 0 Å². The number of hydrogen-bond donors (Lipinski definition) is 2. The van der Waals surface area contributed by atoms with Crippen molar-refractivity contribution in [1.82, 2.24) is 4.98 Å². The molecule has 0 spiro atoms. The Morgan fingerprint density at radius 2 is 2.17 bits per heavy atom. The molecule has 18 heavy (non-hydrogen) atoms. The zero-order valence-corrected chi connectivity index (χ0v) is 11.0. The molecule has 0 amide bonds. The van der Waals surface area contributed by atoms with E-state index in [1.54, 1.807) is 18.5 Å². The summed E-state index contributed by atoms with van der Waals surface area (Å²) >= 11 is 1.27. The van der Waals surface area contributed by atoms with Gasteiger partial charge in [0.1, 0.15) is 4.88 Å². The van der Waals surface area contributed by atoms with E-state index in [-0.39, 0.29) is 0 Å². The Morgan fingerprint density at radius 3 is 2.78 bits per heavy atom. The van der Waals surface area contributed by atoms with Gasteiger partial charge in [0.2, 0.25) is 0 Å². The topological polar surface area (TPSA) is 62.2 Å². The number of nitrogens with zero attached hydrogens (tertiary/aromatic N) is 1. The first-order valence-electron chi connectivity index (χ1n) is 5.62. The Labute approximate surface area is 109 Å². The number of pyridine rings is 1. The van der Waals surface area contributed by atoms with E-state index in [1.807, 2.05) is 26.0 Å². The molecule has 5 heteroatoms. The van der Waals surface area contributed by atoms with Crippen molar-refractivity contribution in [2.45, 2.75) is 19.9 Å². The molecule has 2 heterocycles. The summed E-state index contributed by atoms with van der Waals surface area (Å²) in [5, 5.41) is 12.2. The summed E-state index contributed by atoms with van der Waals surface area (Å²) in [4.78, 5) is 16.3. The highest BCUT2D eigenvalue weighted by Gasteiger charge is 2.11. The fourth-order valence-corrected chi connectivity index (χ4v) is 2.52. The molecule has 0 saturated carbocycles. The van der Waals surface area contributed by atoms with Gasteiger partial charge in [0.25, 0.3) is 0 Å². The summed E-state index contributed by atoms with van der Waals surface area (Å²) < 4.78 is 0. The monoisotopic (exact) mass is 262 g/mol. The van der Waals surface area contributed by atoms with Gasteiger partial charge in [-0.05, 0) is 32.0 Å². The third kappa shape index (κ3) is 2.68. The summed E-state index contributed by atoms with van der Waals surface area (Å²) in [7, 11) is 0. The number of carbonyl (C=O) groups is 1. The van der Waals surface area contributed by atoms with Gasteiger partial charge in [-0.3, -0.25) is 4.98 Å². The number of hydrogen-bond acceptors (Lipinski definition) is 4. The quantitative estimate of drug-likeness (QED) is 0.887. The van der Waals surface area contributed by atoms with Crippen molar-refractivity contribution < 1.29 is 9.90 Å². The van der Waals surface area contributed by atoms with Gasteiger partial charge in [0.05, 0.1) is 11.9 Å². The molecule has 0 saturated heterocycles. The number of thiophene rings is 1. The van der Waals surface area contributed by atoms with Gasteiger partial charge in [0, 0.05) is 22.7 Å². The molecular weight excluding hydrogens is 248 g/mol. The molecule has 0 aromatic carbocycles. The van der Waals surface area contributed by atoms with E-state index in [9.17, 15) is 4.79 Å². The smallest absolute Gasteiger partial charge is 0.345 e. The largest absolute Gasteiger partial charge is 0.477 e. The Kier molecular flexibility index (Phi) is 3.62. The lowest BCUT2D eigenvalue weighted by Gasteiger charge is -2.13. The first-order valence-corrected chi connectivity index (χ1v) is 6.43. The molecule has 0 aliphatic heterocycles. The average molecular weight is 262 g/mol. The van der Waals surface area contributed by atoms with Crippen LogP contribution in [0.4, 0.5) is 5.69 Å². The molecule has 0 aliphatic carbocycles. The van der Waals surface area contributed by atoms with Crippen LogP contribution in [0, 0.1) is 0 Å². The van der Waals surface area contributed by atoms with Gasteiger partial charge in [-0.25, -0.2) is 4.79 Å². The number of carboxylic acid groups (broad SMARTS) is 1. The van der Waals surface area contributed by atoms with Crippen LogP contribution in [0.25, 0.3) is 10.4 Å². The number of rotatable bonds is 4. The van der Waals surface area contributed by atoms with E-state index in [0.717, 1.165) is 16.1 Å². The third-order valence-corrected chi connectivity index (χ3v) is 3.45. The first kappa shape index (κ1) is 12.6. The highest BCUT2D eigenvalue weighted by Crippen LogP contribution is 2.33. The van der Waals surface area contributed by atoms with Crippen molar-refractivity contribution >= 4 is 23.0 Å². The molecule has 2 N–H and O–H groups in total. The van der Waals surface area contributed by atoms with E-state index < -0.39 is 5.97 Å². The summed E-state index contributed by atoms with van der Waals surface area (Å²) in [6.45, 7) is 4.10. The van der Waals surface area contributed by atoms with E-state index in [1.165, 1.54) is 11.3 Å². The maximum atomic E-state index is 10.9. The zero-order chi connectivity index (χ0) is 13.1. The Bertz CT molecular complexity index is 564. The summed E-state index contributed by atoms with van der Waals surface area (Å²) in [5.74, 6) is -0.890. The van der Waals surface area contributed by atoms with E-state index >= 15 is 0 Å². The van der Waals surface area contributed by atoms with Gasteiger partial charge in [-0.15, -0.1) is 11.3 Å². The molecule has 2 aromatic heterocycles. The minimum absolute atomic E-state index is 0.298. The minimum atomic E-state index is -0.890. The molecule has 0 atom stereocenters. The Morgan fingerprint density at radius 1 is 1.39 bits per heavy atom. The van der Waals surface area contributed by atoms with Crippen molar-refractivity contribution in [3.8, 4) is 10.4 Å². The second-order valence-electron chi connectivity index (χ2n) is 4.19. The third-order valence-electron chi connectivity index (χ3n) is 2.35. The predicted octanol–water partition coefficient (Wildman–Crippen LogP) is 3.33.